The van der Waals surface area contributed by atoms with Crippen LogP contribution in [0.3, 0.4) is 0 Å². The maximum absolute atomic E-state index is 10.7. The zero-order chi connectivity index (χ0) is 10.8. The van der Waals surface area contributed by atoms with Gasteiger partial charge in [-0.1, -0.05) is 12.1 Å². The van der Waals surface area contributed by atoms with Gasteiger partial charge in [0.2, 0.25) is 0 Å². The first-order valence-electron chi connectivity index (χ1n) is 4.91. The number of aliphatic carboxylic acids is 1. The van der Waals surface area contributed by atoms with E-state index >= 15 is 0 Å². The molecule has 1 aromatic rings. The third-order valence-corrected chi connectivity index (χ3v) is 2.65. The van der Waals surface area contributed by atoms with Crippen LogP contribution in [0.1, 0.15) is 24.3 Å². The zero-order valence-corrected chi connectivity index (χ0v) is 8.27. The average molecular weight is 207 g/mol. The molecule has 0 aliphatic carbocycles. The van der Waals surface area contributed by atoms with Crippen LogP contribution in [0.5, 0.6) is 5.75 Å². The van der Waals surface area contributed by atoms with Crippen LogP contribution in [0.15, 0.2) is 18.2 Å². The van der Waals surface area contributed by atoms with Crippen LogP contribution in [0.4, 0.5) is 5.69 Å². The van der Waals surface area contributed by atoms with Crippen molar-refractivity contribution in [3.05, 3.63) is 23.8 Å². The summed E-state index contributed by atoms with van der Waals surface area (Å²) in [4.78, 5) is 10.7. The van der Waals surface area contributed by atoms with Crippen molar-refractivity contribution >= 4 is 11.7 Å². The summed E-state index contributed by atoms with van der Waals surface area (Å²) in [6.45, 7) is 0.541. The second kappa shape index (κ2) is 3.81. The number of para-hydroxylation sites is 1. The van der Waals surface area contributed by atoms with E-state index in [2.05, 4.69) is 0 Å². The molecule has 0 spiro atoms. The van der Waals surface area contributed by atoms with Gasteiger partial charge in [-0.2, -0.15) is 0 Å². The molecular weight excluding hydrogens is 194 g/mol. The van der Waals surface area contributed by atoms with E-state index in [1.54, 1.807) is 6.07 Å². The molecule has 1 heterocycles. The van der Waals surface area contributed by atoms with Gasteiger partial charge in [0.05, 0.1) is 18.7 Å². The highest BCUT2D eigenvalue weighted by Crippen LogP contribution is 2.39. The first kappa shape index (κ1) is 9.83. The quantitative estimate of drug-likeness (QED) is 0.722. The summed E-state index contributed by atoms with van der Waals surface area (Å²) in [5, 5.41) is 8.79. The molecule has 1 atom stereocenters. The fourth-order valence-corrected chi connectivity index (χ4v) is 1.94. The minimum absolute atomic E-state index is 0.0229. The van der Waals surface area contributed by atoms with Gasteiger partial charge in [0, 0.05) is 11.5 Å². The SMILES string of the molecule is Nc1cccc2c1OCCC2CC(=O)O. The van der Waals surface area contributed by atoms with Crippen molar-refractivity contribution in [2.24, 2.45) is 0 Å². The number of hydrogen-bond donors (Lipinski definition) is 2. The lowest BCUT2D eigenvalue weighted by molar-refractivity contribution is -0.137. The summed E-state index contributed by atoms with van der Waals surface area (Å²) in [7, 11) is 0. The van der Waals surface area contributed by atoms with Crippen molar-refractivity contribution in [2.45, 2.75) is 18.8 Å². The van der Waals surface area contributed by atoms with Crippen LogP contribution in [-0.4, -0.2) is 17.7 Å². The first-order valence-corrected chi connectivity index (χ1v) is 4.91. The van der Waals surface area contributed by atoms with Crippen LogP contribution in [0.2, 0.25) is 0 Å². The molecule has 0 saturated heterocycles. The molecule has 0 saturated carbocycles. The number of carbonyl (C=O) groups is 1. The van der Waals surface area contributed by atoms with Crippen molar-refractivity contribution in [3.8, 4) is 5.75 Å². The van der Waals surface area contributed by atoms with Gasteiger partial charge < -0.3 is 15.6 Å². The fourth-order valence-electron chi connectivity index (χ4n) is 1.94. The van der Waals surface area contributed by atoms with E-state index in [-0.39, 0.29) is 12.3 Å². The second-order valence-corrected chi connectivity index (χ2v) is 3.70. The van der Waals surface area contributed by atoms with Gasteiger partial charge in [-0.25, -0.2) is 0 Å². The van der Waals surface area contributed by atoms with Crippen LogP contribution in [-0.2, 0) is 4.79 Å². The van der Waals surface area contributed by atoms with Crippen molar-refractivity contribution in [1.82, 2.24) is 0 Å². The largest absolute Gasteiger partial charge is 0.491 e. The van der Waals surface area contributed by atoms with Gasteiger partial charge in [0.25, 0.3) is 0 Å². The molecule has 0 fully saturated rings. The predicted octanol–water partition coefficient (Wildman–Crippen LogP) is 1.61. The van der Waals surface area contributed by atoms with Gasteiger partial charge in [-0.3, -0.25) is 4.79 Å². The molecule has 2 rings (SSSR count). The number of ether oxygens (including phenoxy) is 1. The number of nitrogen functional groups attached to an aromatic ring is 1. The monoisotopic (exact) mass is 207 g/mol. The predicted molar refractivity (Wildman–Crippen MR) is 56.0 cm³/mol. The van der Waals surface area contributed by atoms with E-state index in [4.69, 9.17) is 15.6 Å². The highest BCUT2D eigenvalue weighted by molar-refractivity contribution is 5.69. The summed E-state index contributed by atoms with van der Waals surface area (Å²) in [5.41, 5.74) is 7.27. The van der Waals surface area contributed by atoms with Gasteiger partial charge in [-0.15, -0.1) is 0 Å². The Morgan fingerprint density at radius 3 is 3.13 bits per heavy atom. The molecule has 0 amide bonds. The van der Waals surface area contributed by atoms with Gasteiger partial charge in [0.15, 0.2) is 0 Å². The van der Waals surface area contributed by atoms with Crippen LogP contribution in [0, 0.1) is 0 Å². The number of carboxylic acids is 1. The summed E-state index contributed by atoms with van der Waals surface area (Å²) in [5.74, 6) is -0.0972. The van der Waals surface area contributed by atoms with E-state index in [1.165, 1.54) is 0 Å². The third kappa shape index (κ3) is 1.88. The van der Waals surface area contributed by atoms with E-state index in [0.717, 1.165) is 12.0 Å². The summed E-state index contributed by atoms with van der Waals surface area (Å²) in [6, 6.07) is 5.48. The molecule has 4 heteroatoms. The lowest BCUT2D eigenvalue weighted by Crippen LogP contribution is -2.17. The lowest BCUT2D eigenvalue weighted by Gasteiger charge is -2.25. The lowest BCUT2D eigenvalue weighted by atomic mass is 9.90. The highest BCUT2D eigenvalue weighted by atomic mass is 16.5. The molecule has 1 aliphatic heterocycles. The Kier molecular flexibility index (Phi) is 2.49. The van der Waals surface area contributed by atoms with Crippen molar-refractivity contribution in [3.63, 3.8) is 0 Å². The molecule has 0 radical (unpaired) electrons. The maximum atomic E-state index is 10.7. The number of fused-ring (bicyclic) bond motifs is 1. The molecule has 1 aromatic carbocycles. The number of benzene rings is 1. The van der Waals surface area contributed by atoms with Gasteiger partial charge >= 0.3 is 5.97 Å². The summed E-state index contributed by atoms with van der Waals surface area (Å²) >= 11 is 0. The number of rotatable bonds is 2. The van der Waals surface area contributed by atoms with Crippen molar-refractivity contribution in [1.29, 1.82) is 0 Å². The highest BCUT2D eigenvalue weighted by Gasteiger charge is 2.24. The Morgan fingerprint density at radius 1 is 1.60 bits per heavy atom. The Balaban J connectivity index is 2.34. The zero-order valence-electron chi connectivity index (χ0n) is 8.27. The van der Waals surface area contributed by atoms with Crippen LogP contribution in [0.25, 0.3) is 0 Å². The van der Waals surface area contributed by atoms with E-state index in [0.29, 0.717) is 18.0 Å². The average Bonchev–Trinajstić information content (AvgIpc) is 2.19. The molecule has 0 aromatic heterocycles. The molecule has 0 bridgehead atoms. The Hall–Kier alpha value is -1.71. The smallest absolute Gasteiger partial charge is 0.303 e. The van der Waals surface area contributed by atoms with Gasteiger partial charge in [0.1, 0.15) is 5.75 Å². The Labute approximate surface area is 87.7 Å². The van der Waals surface area contributed by atoms with Crippen LogP contribution < -0.4 is 10.5 Å². The number of hydrogen-bond acceptors (Lipinski definition) is 3. The van der Waals surface area contributed by atoms with Crippen molar-refractivity contribution < 1.29 is 14.6 Å². The number of nitrogens with two attached hydrogens (primary N) is 1. The third-order valence-electron chi connectivity index (χ3n) is 2.65. The van der Waals surface area contributed by atoms with E-state index in [1.807, 2.05) is 12.1 Å². The molecule has 4 nitrogen and oxygen atoms in total. The van der Waals surface area contributed by atoms with Crippen LogP contribution >= 0.6 is 0 Å². The maximum Gasteiger partial charge on any atom is 0.303 e. The van der Waals surface area contributed by atoms with E-state index < -0.39 is 5.97 Å². The molecule has 1 aliphatic rings. The Bertz CT molecular complexity index is 389. The van der Waals surface area contributed by atoms with Crippen molar-refractivity contribution in [2.75, 3.05) is 12.3 Å². The topological polar surface area (TPSA) is 72.5 Å². The molecule has 15 heavy (non-hydrogen) atoms. The summed E-state index contributed by atoms with van der Waals surface area (Å²) in [6.07, 6.45) is 0.878. The first-order chi connectivity index (χ1) is 7.18. The minimum Gasteiger partial charge on any atom is -0.491 e. The van der Waals surface area contributed by atoms with E-state index in [9.17, 15) is 4.79 Å². The second-order valence-electron chi connectivity index (χ2n) is 3.70. The molecule has 80 valence electrons. The summed E-state index contributed by atoms with van der Waals surface area (Å²) < 4.78 is 5.45. The fraction of sp³-hybridized carbons (Fsp3) is 0.364. The molecule has 3 N–H and O–H groups in total. The van der Waals surface area contributed by atoms with Gasteiger partial charge in [-0.05, 0) is 12.5 Å². The standard InChI is InChI=1S/C11H13NO3/c12-9-3-1-2-8-7(6-10(13)14)4-5-15-11(8)9/h1-3,7H,4-6,12H2,(H,13,14). The normalized spacial score (nSPS) is 19.1. The number of anilines is 1. The molecular formula is C11H13NO3. The number of carboxylic acid groups (broad SMARTS) is 1. The molecule has 1 unspecified atom stereocenters. The Morgan fingerprint density at radius 2 is 2.40 bits per heavy atom. The minimum atomic E-state index is -0.782.